The van der Waals surface area contributed by atoms with Crippen LogP contribution in [0.5, 0.6) is 0 Å². The van der Waals surface area contributed by atoms with Crippen LogP contribution in [-0.4, -0.2) is 42.2 Å². The number of hydrogen-bond acceptors (Lipinski definition) is 4. The molecule has 1 heterocycles. The second kappa shape index (κ2) is 6.00. The highest BCUT2D eigenvalue weighted by atomic mass is 19.3. The number of rotatable bonds is 3. The van der Waals surface area contributed by atoms with Crippen molar-refractivity contribution in [1.82, 2.24) is 4.90 Å². The van der Waals surface area contributed by atoms with Gasteiger partial charge in [-0.1, -0.05) is 0 Å². The number of carbonyl (C=O) groups is 1. The van der Waals surface area contributed by atoms with Crippen LogP contribution in [0.25, 0.3) is 0 Å². The van der Waals surface area contributed by atoms with Gasteiger partial charge in [-0.2, -0.15) is 0 Å². The standard InChI is InChI=1S/C12H22F2N2O3/c1-11(2,3)19-10(17)16-6-4-9(5-7-16)12(13,14)8-18-15/h9H,4-8,15H2,1-3H3. The Balaban J connectivity index is 2.47. The number of nitrogens with zero attached hydrogens (tertiary/aromatic N) is 1. The summed E-state index contributed by atoms with van der Waals surface area (Å²) in [5.74, 6) is 0.942. The SMILES string of the molecule is CC(C)(C)OC(=O)N1CCC(C(F)(F)CON)CC1. The van der Waals surface area contributed by atoms with Crippen molar-refractivity contribution in [3.63, 3.8) is 0 Å². The smallest absolute Gasteiger partial charge is 0.410 e. The Morgan fingerprint density at radius 3 is 2.26 bits per heavy atom. The number of halogens is 2. The molecule has 0 aromatic carbocycles. The number of piperidine rings is 1. The van der Waals surface area contributed by atoms with Crippen LogP contribution >= 0.6 is 0 Å². The van der Waals surface area contributed by atoms with Crippen LogP contribution in [0.2, 0.25) is 0 Å². The second-order valence-electron chi connectivity index (χ2n) is 5.81. The Labute approximate surface area is 112 Å². The van der Waals surface area contributed by atoms with Gasteiger partial charge in [-0.05, 0) is 33.6 Å². The van der Waals surface area contributed by atoms with E-state index >= 15 is 0 Å². The van der Waals surface area contributed by atoms with Crippen LogP contribution < -0.4 is 5.90 Å². The first kappa shape index (κ1) is 16.1. The van der Waals surface area contributed by atoms with E-state index in [9.17, 15) is 13.6 Å². The minimum Gasteiger partial charge on any atom is -0.444 e. The summed E-state index contributed by atoms with van der Waals surface area (Å²) in [6, 6.07) is 0. The molecule has 0 aliphatic carbocycles. The van der Waals surface area contributed by atoms with Gasteiger partial charge < -0.3 is 9.64 Å². The number of ether oxygens (including phenoxy) is 1. The Morgan fingerprint density at radius 1 is 1.32 bits per heavy atom. The lowest BCUT2D eigenvalue weighted by atomic mass is 9.91. The van der Waals surface area contributed by atoms with Crippen molar-refractivity contribution in [2.24, 2.45) is 11.8 Å². The lowest BCUT2D eigenvalue weighted by Gasteiger charge is -2.36. The number of hydrogen-bond donors (Lipinski definition) is 1. The third-order valence-corrected chi connectivity index (χ3v) is 3.02. The number of amides is 1. The fraction of sp³-hybridized carbons (Fsp3) is 0.917. The zero-order valence-corrected chi connectivity index (χ0v) is 11.6. The zero-order valence-electron chi connectivity index (χ0n) is 11.6. The molecule has 1 amide bonds. The van der Waals surface area contributed by atoms with Crippen molar-refractivity contribution in [3.05, 3.63) is 0 Å². The van der Waals surface area contributed by atoms with Gasteiger partial charge in [0.2, 0.25) is 0 Å². The molecule has 1 saturated heterocycles. The van der Waals surface area contributed by atoms with E-state index in [4.69, 9.17) is 10.6 Å². The van der Waals surface area contributed by atoms with Crippen LogP contribution in [0.4, 0.5) is 13.6 Å². The van der Waals surface area contributed by atoms with Crippen molar-refractivity contribution < 1.29 is 23.1 Å². The predicted octanol–water partition coefficient (Wildman–Crippen LogP) is 2.16. The minimum absolute atomic E-state index is 0.218. The molecular formula is C12H22F2N2O3. The van der Waals surface area contributed by atoms with E-state index in [1.54, 1.807) is 20.8 Å². The highest BCUT2D eigenvalue weighted by molar-refractivity contribution is 5.68. The van der Waals surface area contributed by atoms with E-state index in [1.165, 1.54) is 4.90 Å². The molecule has 0 aromatic heterocycles. The molecule has 0 radical (unpaired) electrons. The molecule has 0 bridgehead atoms. The number of alkyl halides is 2. The number of carbonyl (C=O) groups excluding carboxylic acids is 1. The zero-order chi connectivity index (χ0) is 14.7. The highest BCUT2D eigenvalue weighted by Gasteiger charge is 2.42. The van der Waals surface area contributed by atoms with Gasteiger partial charge in [-0.25, -0.2) is 19.5 Å². The molecule has 1 aliphatic rings. The van der Waals surface area contributed by atoms with Gasteiger partial charge in [-0.3, -0.25) is 4.84 Å². The summed E-state index contributed by atoms with van der Waals surface area (Å²) in [7, 11) is 0. The molecule has 0 saturated carbocycles. The van der Waals surface area contributed by atoms with Crippen molar-refractivity contribution in [2.45, 2.75) is 45.1 Å². The topological polar surface area (TPSA) is 64.8 Å². The normalized spacial score (nSPS) is 18.5. The van der Waals surface area contributed by atoms with E-state index in [1.807, 2.05) is 0 Å². The Hall–Kier alpha value is -0.950. The first-order valence-electron chi connectivity index (χ1n) is 6.33. The summed E-state index contributed by atoms with van der Waals surface area (Å²) in [5.41, 5.74) is -0.578. The van der Waals surface area contributed by atoms with Gasteiger partial charge in [0.15, 0.2) is 0 Å². The van der Waals surface area contributed by atoms with Crippen LogP contribution in [0, 0.1) is 5.92 Å². The summed E-state index contributed by atoms with van der Waals surface area (Å²) >= 11 is 0. The van der Waals surface area contributed by atoms with E-state index < -0.39 is 30.1 Å². The molecule has 1 fully saturated rings. The monoisotopic (exact) mass is 280 g/mol. The van der Waals surface area contributed by atoms with Gasteiger partial charge in [0.25, 0.3) is 5.92 Å². The lowest BCUT2D eigenvalue weighted by molar-refractivity contribution is -0.130. The van der Waals surface area contributed by atoms with Crippen LogP contribution in [-0.2, 0) is 9.57 Å². The molecule has 5 nitrogen and oxygen atoms in total. The average Bonchev–Trinajstić information content (AvgIpc) is 2.27. The molecule has 7 heteroatoms. The lowest BCUT2D eigenvalue weighted by Crippen LogP contribution is -2.46. The van der Waals surface area contributed by atoms with E-state index in [0.717, 1.165) is 0 Å². The van der Waals surface area contributed by atoms with Crippen LogP contribution in [0.1, 0.15) is 33.6 Å². The molecule has 19 heavy (non-hydrogen) atoms. The molecule has 0 atom stereocenters. The number of nitrogens with two attached hydrogens (primary N) is 1. The minimum atomic E-state index is -2.95. The van der Waals surface area contributed by atoms with Crippen molar-refractivity contribution in [3.8, 4) is 0 Å². The summed E-state index contributed by atoms with van der Waals surface area (Å²) in [5, 5.41) is 0. The van der Waals surface area contributed by atoms with Crippen LogP contribution in [0.3, 0.4) is 0 Å². The maximum atomic E-state index is 13.6. The Morgan fingerprint density at radius 2 is 1.84 bits per heavy atom. The van der Waals surface area contributed by atoms with Crippen molar-refractivity contribution >= 4 is 6.09 Å². The van der Waals surface area contributed by atoms with Gasteiger partial charge in [0.1, 0.15) is 12.2 Å². The molecule has 0 aromatic rings. The molecule has 0 unspecified atom stereocenters. The Kier molecular flexibility index (Phi) is 5.09. The summed E-state index contributed by atoms with van der Waals surface area (Å²) in [6.45, 7) is 5.04. The summed E-state index contributed by atoms with van der Waals surface area (Å²) in [4.78, 5) is 17.3. The first-order chi connectivity index (χ1) is 8.65. The maximum absolute atomic E-state index is 13.6. The fourth-order valence-corrected chi connectivity index (χ4v) is 2.04. The van der Waals surface area contributed by atoms with Gasteiger partial charge in [0, 0.05) is 19.0 Å². The molecule has 112 valence electrons. The van der Waals surface area contributed by atoms with Gasteiger partial charge >= 0.3 is 6.09 Å². The third-order valence-electron chi connectivity index (χ3n) is 3.02. The quantitative estimate of drug-likeness (QED) is 0.805. The van der Waals surface area contributed by atoms with Crippen molar-refractivity contribution in [2.75, 3.05) is 19.7 Å². The maximum Gasteiger partial charge on any atom is 0.410 e. The molecule has 0 spiro atoms. The summed E-state index contributed by atoms with van der Waals surface area (Å²) < 4.78 is 32.3. The van der Waals surface area contributed by atoms with E-state index in [0.29, 0.717) is 0 Å². The average molecular weight is 280 g/mol. The van der Waals surface area contributed by atoms with E-state index in [-0.39, 0.29) is 25.9 Å². The fourth-order valence-electron chi connectivity index (χ4n) is 2.04. The van der Waals surface area contributed by atoms with Crippen LogP contribution in [0.15, 0.2) is 0 Å². The number of likely N-dealkylation sites (tertiary alicyclic amines) is 1. The third kappa shape index (κ3) is 4.91. The van der Waals surface area contributed by atoms with Gasteiger partial charge in [0.05, 0.1) is 0 Å². The van der Waals surface area contributed by atoms with Gasteiger partial charge in [-0.15, -0.1) is 0 Å². The molecule has 1 aliphatic heterocycles. The van der Waals surface area contributed by atoms with E-state index in [2.05, 4.69) is 4.84 Å². The first-order valence-corrected chi connectivity index (χ1v) is 6.33. The van der Waals surface area contributed by atoms with Crippen molar-refractivity contribution in [1.29, 1.82) is 0 Å². The summed E-state index contributed by atoms with van der Waals surface area (Å²) in [6.07, 6.45) is -0.0186. The molecule has 1 rings (SSSR count). The largest absolute Gasteiger partial charge is 0.444 e. The molecular weight excluding hydrogens is 258 g/mol. The second-order valence-corrected chi connectivity index (χ2v) is 5.81. The molecule has 2 N–H and O–H groups in total. The highest BCUT2D eigenvalue weighted by Crippen LogP contribution is 2.33. The predicted molar refractivity (Wildman–Crippen MR) is 65.6 cm³/mol. The Bertz CT molecular complexity index is 311.